The van der Waals surface area contributed by atoms with Crippen molar-refractivity contribution in [2.24, 2.45) is 23.2 Å². The van der Waals surface area contributed by atoms with Gasteiger partial charge >= 0.3 is 0 Å². The minimum atomic E-state index is 0.427. The van der Waals surface area contributed by atoms with Crippen molar-refractivity contribution >= 4 is 0 Å². The lowest BCUT2D eigenvalue weighted by Gasteiger charge is -2.32. The third kappa shape index (κ3) is 7.81. The molecule has 0 spiro atoms. The van der Waals surface area contributed by atoms with Gasteiger partial charge in [0.2, 0.25) is 0 Å². The Morgan fingerprint density at radius 1 is 0.882 bits per heavy atom. The monoisotopic (exact) mass is 241 g/mol. The van der Waals surface area contributed by atoms with Gasteiger partial charge in [0.15, 0.2) is 0 Å². The van der Waals surface area contributed by atoms with Crippen molar-refractivity contribution in [3.05, 3.63) is 0 Å². The molecule has 0 aromatic carbocycles. The van der Waals surface area contributed by atoms with Crippen LogP contribution in [0, 0.1) is 23.2 Å². The second-order valence-electron chi connectivity index (χ2n) is 7.46. The lowest BCUT2D eigenvalue weighted by Crippen LogP contribution is -2.32. The highest BCUT2D eigenvalue weighted by Crippen LogP contribution is 2.30. The van der Waals surface area contributed by atoms with Crippen LogP contribution in [0.5, 0.6) is 0 Å². The third-order valence-electron chi connectivity index (χ3n) is 4.09. The largest absolute Gasteiger partial charge is 0.317 e. The van der Waals surface area contributed by atoms with Gasteiger partial charge < -0.3 is 5.32 Å². The van der Waals surface area contributed by atoms with Gasteiger partial charge in [-0.25, -0.2) is 0 Å². The van der Waals surface area contributed by atoms with Crippen molar-refractivity contribution in [3.8, 4) is 0 Å². The van der Waals surface area contributed by atoms with Gasteiger partial charge in [-0.3, -0.25) is 0 Å². The summed E-state index contributed by atoms with van der Waals surface area (Å²) in [5, 5.41) is 3.51. The lowest BCUT2D eigenvalue weighted by atomic mass is 9.77. The predicted molar refractivity (Wildman–Crippen MR) is 79.3 cm³/mol. The highest BCUT2D eigenvalue weighted by molar-refractivity contribution is 4.77. The lowest BCUT2D eigenvalue weighted by molar-refractivity contribution is 0.212. The molecule has 0 heterocycles. The van der Waals surface area contributed by atoms with E-state index >= 15 is 0 Å². The smallest absolute Gasteiger partial charge is 0.00693 e. The Kier molecular flexibility index (Phi) is 7.39. The molecule has 1 N–H and O–H groups in total. The molecule has 0 radical (unpaired) electrons. The van der Waals surface area contributed by atoms with E-state index in [1.54, 1.807) is 0 Å². The number of hydrogen-bond acceptors (Lipinski definition) is 1. The number of hydrogen-bond donors (Lipinski definition) is 1. The first-order valence-corrected chi connectivity index (χ1v) is 7.34. The summed E-state index contributed by atoms with van der Waals surface area (Å²) in [7, 11) is 2.11. The molecular formula is C16H35N. The zero-order valence-corrected chi connectivity index (χ0v) is 13.4. The molecule has 1 heteroatoms. The van der Waals surface area contributed by atoms with Crippen molar-refractivity contribution < 1.29 is 0 Å². The maximum Gasteiger partial charge on any atom is 0.00693 e. The Morgan fingerprint density at radius 2 is 1.41 bits per heavy atom. The van der Waals surface area contributed by atoms with Crippen LogP contribution < -0.4 is 5.32 Å². The molecule has 0 rings (SSSR count). The predicted octanol–water partition coefficient (Wildman–Crippen LogP) is 4.72. The second kappa shape index (κ2) is 7.41. The second-order valence-corrected chi connectivity index (χ2v) is 7.46. The molecular weight excluding hydrogens is 206 g/mol. The first-order valence-electron chi connectivity index (χ1n) is 7.34. The normalized spacial score (nSPS) is 18.2. The van der Waals surface area contributed by atoms with Gasteiger partial charge in [0.25, 0.3) is 0 Å². The van der Waals surface area contributed by atoms with Crippen LogP contribution in [0.3, 0.4) is 0 Å². The average molecular weight is 241 g/mol. The quantitative estimate of drug-likeness (QED) is 0.680. The van der Waals surface area contributed by atoms with Gasteiger partial charge in [0, 0.05) is 6.04 Å². The summed E-state index contributed by atoms with van der Waals surface area (Å²) in [6.45, 7) is 16.5. The molecule has 0 aliphatic heterocycles. The van der Waals surface area contributed by atoms with Crippen LogP contribution in [0.2, 0.25) is 0 Å². The standard InChI is InChI=1S/C16H35N/c1-12(2)9-13(3)10-15(17-8)11-14(4)16(5,6)7/h12-15,17H,9-11H2,1-8H3. The molecule has 0 aliphatic carbocycles. The molecule has 0 aromatic heterocycles. The van der Waals surface area contributed by atoms with Gasteiger partial charge in [-0.1, -0.05) is 48.5 Å². The molecule has 1 nitrogen and oxygen atoms in total. The summed E-state index contributed by atoms with van der Waals surface area (Å²) >= 11 is 0. The Bertz CT molecular complexity index is 190. The molecule has 3 atom stereocenters. The van der Waals surface area contributed by atoms with Gasteiger partial charge in [-0.05, 0) is 49.5 Å². The molecule has 3 unspecified atom stereocenters. The van der Waals surface area contributed by atoms with E-state index in [-0.39, 0.29) is 0 Å². The summed E-state index contributed by atoms with van der Waals surface area (Å²) < 4.78 is 0. The van der Waals surface area contributed by atoms with Gasteiger partial charge in [-0.15, -0.1) is 0 Å². The zero-order chi connectivity index (χ0) is 13.6. The maximum absolute atomic E-state index is 3.51. The van der Waals surface area contributed by atoms with Crippen molar-refractivity contribution in [2.45, 2.75) is 73.8 Å². The fourth-order valence-corrected chi connectivity index (χ4v) is 2.50. The maximum atomic E-state index is 3.51. The number of nitrogens with one attached hydrogen (secondary N) is 1. The molecule has 0 fully saturated rings. The van der Waals surface area contributed by atoms with E-state index in [1.165, 1.54) is 19.3 Å². The molecule has 0 saturated carbocycles. The van der Waals surface area contributed by atoms with E-state index in [0.29, 0.717) is 11.5 Å². The van der Waals surface area contributed by atoms with Gasteiger partial charge in [-0.2, -0.15) is 0 Å². The summed E-state index contributed by atoms with van der Waals surface area (Å²) in [5.74, 6) is 2.42. The Morgan fingerprint density at radius 3 is 1.76 bits per heavy atom. The molecule has 0 saturated heterocycles. The fraction of sp³-hybridized carbons (Fsp3) is 1.00. The Balaban J connectivity index is 4.16. The molecule has 104 valence electrons. The van der Waals surface area contributed by atoms with Crippen LogP contribution in [0.25, 0.3) is 0 Å². The fourth-order valence-electron chi connectivity index (χ4n) is 2.50. The summed E-state index contributed by atoms with van der Waals surface area (Å²) in [6, 6.07) is 0.679. The van der Waals surface area contributed by atoms with Gasteiger partial charge in [0.1, 0.15) is 0 Å². The minimum absolute atomic E-state index is 0.427. The first-order chi connectivity index (χ1) is 7.66. The highest BCUT2D eigenvalue weighted by Gasteiger charge is 2.23. The van der Waals surface area contributed by atoms with Crippen molar-refractivity contribution in [1.82, 2.24) is 5.32 Å². The van der Waals surface area contributed by atoms with Crippen LogP contribution in [0.4, 0.5) is 0 Å². The van der Waals surface area contributed by atoms with Crippen LogP contribution in [-0.4, -0.2) is 13.1 Å². The first kappa shape index (κ1) is 17.0. The highest BCUT2D eigenvalue weighted by atomic mass is 14.9. The van der Waals surface area contributed by atoms with Crippen LogP contribution in [-0.2, 0) is 0 Å². The third-order valence-corrected chi connectivity index (χ3v) is 4.09. The van der Waals surface area contributed by atoms with E-state index in [0.717, 1.165) is 17.8 Å². The average Bonchev–Trinajstić information content (AvgIpc) is 2.13. The van der Waals surface area contributed by atoms with Crippen LogP contribution in [0.1, 0.15) is 67.7 Å². The van der Waals surface area contributed by atoms with E-state index in [1.807, 2.05) is 0 Å². The van der Waals surface area contributed by atoms with E-state index < -0.39 is 0 Å². The van der Waals surface area contributed by atoms with Gasteiger partial charge in [0.05, 0.1) is 0 Å². The number of rotatable bonds is 7. The molecule has 0 bridgehead atoms. The molecule has 0 amide bonds. The SMILES string of the molecule is CNC(CC(C)CC(C)C)CC(C)C(C)(C)C. The summed E-state index contributed by atoms with van der Waals surface area (Å²) in [5.41, 5.74) is 0.427. The topological polar surface area (TPSA) is 12.0 Å². The molecule has 0 aromatic rings. The Hall–Kier alpha value is -0.0400. The van der Waals surface area contributed by atoms with E-state index in [9.17, 15) is 0 Å². The van der Waals surface area contributed by atoms with Crippen molar-refractivity contribution in [2.75, 3.05) is 7.05 Å². The van der Waals surface area contributed by atoms with E-state index in [2.05, 4.69) is 60.8 Å². The van der Waals surface area contributed by atoms with Crippen LogP contribution >= 0.6 is 0 Å². The van der Waals surface area contributed by atoms with Crippen molar-refractivity contribution in [1.29, 1.82) is 0 Å². The minimum Gasteiger partial charge on any atom is -0.317 e. The zero-order valence-electron chi connectivity index (χ0n) is 13.4. The summed E-state index contributed by atoms with van der Waals surface area (Å²) in [4.78, 5) is 0. The van der Waals surface area contributed by atoms with Crippen molar-refractivity contribution in [3.63, 3.8) is 0 Å². The van der Waals surface area contributed by atoms with Crippen LogP contribution in [0.15, 0.2) is 0 Å². The Labute approximate surface area is 110 Å². The molecule has 0 aliphatic rings. The molecule has 17 heavy (non-hydrogen) atoms. The van der Waals surface area contributed by atoms with E-state index in [4.69, 9.17) is 0 Å². The summed E-state index contributed by atoms with van der Waals surface area (Å²) in [6.07, 6.45) is 3.96.